The standard InChI is InChI=1S/C17H26N4O3S/c1-6-15-17(14-7-8-16(18-11-14)21(22)23)13(2)19-20(15)12-24-9-10-25(3,4)5/h7-8,11H,6,9-10,12H2,1-5H3. The van der Waals surface area contributed by atoms with Crippen LogP contribution in [0.3, 0.4) is 0 Å². The molecule has 0 amide bonds. The van der Waals surface area contributed by atoms with Crippen LogP contribution in [0.15, 0.2) is 18.3 Å². The SMILES string of the molecule is CCc1c(-c2ccc([N+](=O)[O-])nc2)c(C)nn1COCCS(C)(C)C. The van der Waals surface area contributed by atoms with E-state index in [0.717, 1.165) is 41.3 Å². The Hall–Kier alpha value is -1.93. The Morgan fingerprint density at radius 2 is 2.04 bits per heavy atom. The molecule has 8 heteroatoms. The Morgan fingerprint density at radius 3 is 2.56 bits per heavy atom. The van der Waals surface area contributed by atoms with Gasteiger partial charge >= 0.3 is 5.82 Å². The van der Waals surface area contributed by atoms with Gasteiger partial charge in [-0.1, -0.05) is 6.92 Å². The fraction of sp³-hybridized carbons (Fsp3) is 0.529. The number of ether oxygens (including phenoxy) is 1. The number of nitro groups is 1. The molecule has 0 fully saturated rings. The maximum Gasteiger partial charge on any atom is 0.363 e. The van der Waals surface area contributed by atoms with Gasteiger partial charge < -0.3 is 14.9 Å². The molecule has 0 bridgehead atoms. The molecule has 2 aromatic rings. The predicted molar refractivity (Wildman–Crippen MR) is 102 cm³/mol. The van der Waals surface area contributed by atoms with Gasteiger partial charge in [0.2, 0.25) is 0 Å². The second-order valence-electron chi connectivity index (χ2n) is 6.75. The molecule has 2 heterocycles. The number of hydrogen-bond donors (Lipinski definition) is 0. The van der Waals surface area contributed by atoms with Crippen LogP contribution in [0.25, 0.3) is 11.1 Å². The predicted octanol–water partition coefficient (Wildman–Crippen LogP) is 3.39. The van der Waals surface area contributed by atoms with Gasteiger partial charge in [-0.05, 0) is 48.1 Å². The van der Waals surface area contributed by atoms with Gasteiger partial charge in [0.25, 0.3) is 0 Å². The summed E-state index contributed by atoms with van der Waals surface area (Å²) in [5.74, 6) is 0.910. The van der Waals surface area contributed by atoms with Gasteiger partial charge in [-0.25, -0.2) is 14.7 Å². The molecule has 2 rings (SSSR count). The van der Waals surface area contributed by atoms with Crippen LogP contribution < -0.4 is 0 Å². The minimum absolute atomic E-state index is 0.153. The van der Waals surface area contributed by atoms with Gasteiger partial charge in [0.1, 0.15) is 12.9 Å². The minimum Gasteiger partial charge on any atom is -0.358 e. The van der Waals surface area contributed by atoms with E-state index in [4.69, 9.17) is 4.74 Å². The van der Waals surface area contributed by atoms with Crippen LogP contribution in [0.4, 0.5) is 5.82 Å². The third-order valence-electron chi connectivity index (χ3n) is 3.84. The molecule has 2 aromatic heterocycles. The van der Waals surface area contributed by atoms with Crippen molar-refractivity contribution in [2.75, 3.05) is 31.1 Å². The normalized spacial score (nSPS) is 12.4. The second-order valence-corrected chi connectivity index (χ2v) is 11.3. The Labute approximate surface area is 149 Å². The Kier molecular flexibility index (Phi) is 6.18. The van der Waals surface area contributed by atoms with Crippen LogP contribution >= 0.6 is 10.0 Å². The van der Waals surface area contributed by atoms with Gasteiger partial charge in [0, 0.05) is 28.6 Å². The number of hydrogen-bond acceptors (Lipinski definition) is 5. The Balaban J connectivity index is 2.19. The van der Waals surface area contributed by atoms with Crippen molar-refractivity contribution in [1.82, 2.24) is 14.8 Å². The maximum absolute atomic E-state index is 10.8. The van der Waals surface area contributed by atoms with Gasteiger partial charge in [0.05, 0.1) is 12.3 Å². The van der Waals surface area contributed by atoms with Gasteiger partial charge in [-0.2, -0.15) is 5.10 Å². The Morgan fingerprint density at radius 1 is 1.32 bits per heavy atom. The van der Waals surface area contributed by atoms with Gasteiger partial charge in [-0.15, -0.1) is 0 Å². The smallest absolute Gasteiger partial charge is 0.358 e. The lowest BCUT2D eigenvalue weighted by molar-refractivity contribution is -0.389. The molecule has 0 aliphatic heterocycles. The highest BCUT2D eigenvalue weighted by Gasteiger charge is 2.18. The van der Waals surface area contributed by atoms with Crippen LogP contribution in [0, 0.1) is 17.0 Å². The first-order valence-electron chi connectivity index (χ1n) is 8.13. The van der Waals surface area contributed by atoms with E-state index in [1.54, 1.807) is 6.07 Å². The average molecular weight is 366 g/mol. The van der Waals surface area contributed by atoms with Crippen molar-refractivity contribution in [2.24, 2.45) is 0 Å². The van der Waals surface area contributed by atoms with E-state index in [9.17, 15) is 10.1 Å². The number of aromatic nitrogens is 3. The van der Waals surface area contributed by atoms with E-state index in [0.29, 0.717) is 6.73 Å². The highest BCUT2D eigenvalue weighted by molar-refractivity contribution is 8.32. The lowest BCUT2D eigenvalue weighted by atomic mass is 10.0. The van der Waals surface area contributed by atoms with Crippen molar-refractivity contribution in [3.8, 4) is 11.1 Å². The van der Waals surface area contributed by atoms with E-state index >= 15 is 0 Å². The van der Waals surface area contributed by atoms with Crippen LogP contribution in [0.5, 0.6) is 0 Å². The van der Waals surface area contributed by atoms with Crippen LogP contribution in [0.1, 0.15) is 18.3 Å². The van der Waals surface area contributed by atoms with E-state index < -0.39 is 15.0 Å². The number of rotatable bonds is 8. The highest BCUT2D eigenvalue weighted by Crippen LogP contribution is 2.33. The van der Waals surface area contributed by atoms with Crippen molar-refractivity contribution in [2.45, 2.75) is 27.0 Å². The van der Waals surface area contributed by atoms with Crippen LogP contribution in [0.2, 0.25) is 0 Å². The van der Waals surface area contributed by atoms with E-state index in [-0.39, 0.29) is 5.82 Å². The zero-order valence-electron chi connectivity index (χ0n) is 15.5. The van der Waals surface area contributed by atoms with E-state index in [1.165, 1.54) is 12.3 Å². The lowest BCUT2D eigenvalue weighted by Crippen LogP contribution is -2.12. The summed E-state index contributed by atoms with van der Waals surface area (Å²) in [6, 6.07) is 3.15. The first-order chi connectivity index (χ1) is 11.7. The molecule has 0 N–H and O–H groups in total. The molecule has 0 unspecified atom stereocenters. The second kappa shape index (κ2) is 7.97. The molecule has 7 nitrogen and oxygen atoms in total. The quantitative estimate of drug-likeness (QED) is 0.406. The number of nitrogens with zero attached hydrogens (tertiary/aromatic N) is 4. The van der Waals surface area contributed by atoms with Crippen molar-refractivity contribution >= 4 is 15.8 Å². The fourth-order valence-electron chi connectivity index (χ4n) is 2.57. The molecule has 0 spiro atoms. The lowest BCUT2D eigenvalue weighted by Gasteiger charge is -2.24. The zero-order chi connectivity index (χ0) is 18.6. The molecular formula is C17H26N4O3S. The summed E-state index contributed by atoms with van der Waals surface area (Å²) < 4.78 is 7.69. The summed E-state index contributed by atoms with van der Waals surface area (Å²) in [6.07, 6.45) is 9.14. The molecule has 0 saturated carbocycles. The molecule has 138 valence electrons. The molecular weight excluding hydrogens is 340 g/mol. The molecule has 25 heavy (non-hydrogen) atoms. The van der Waals surface area contributed by atoms with Crippen LogP contribution in [-0.2, 0) is 17.9 Å². The van der Waals surface area contributed by atoms with Crippen molar-refractivity contribution < 1.29 is 9.66 Å². The molecule has 0 aromatic carbocycles. The third kappa shape index (κ3) is 5.02. The summed E-state index contributed by atoms with van der Waals surface area (Å²) in [5, 5.41) is 15.4. The zero-order valence-corrected chi connectivity index (χ0v) is 16.3. The van der Waals surface area contributed by atoms with Crippen molar-refractivity contribution in [3.05, 3.63) is 39.8 Å². The number of aryl methyl sites for hydroxylation is 1. The van der Waals surface area contributed by atoms with Gasteiger partial charge in [0.15, 0.2) is 0 Å². The average Bonchev–Trinajstić information content (AvgIpc) is 2.86. The molecule has 0 radical (unpaired) electrons. The summed E-state index contributed by atoms with van der Waals surface area (Å²) in [6.45, 7) is 5.13. The monoisotopic (exact) mass is 366 g/mol. The van der Waals surface area contributed by atoms with Crippen LogP contribution in [-0.4, -0.2) is 50.8 Å². The van der Waals surface area contributed by atoms with Crippen molar-refractivity contribution in [3.63, 3.8) is 0 Å². The Bertz CT molecular complexity index is 736. The molecule has 0 aliphatic rings. The summed E-state index contributed by atoms with van der Waals surface area (Å²) in [5.41, 5.74) is 3.74. The molecule has 0 saturated heterocycles. The topological polar surface area (TPSA) is 83.1 Å². The number of pyridine rings is 1. The minimum atomic E-state index is -0.569. The molecule has 0 atom stereocenters. The maximum atomic E-state index is 10.8. The molecule has 0 aliphatic carbocycles. The summed E-state index contributed by atoms with van der Waals surface area (Å²) in [7, 11) is -0.569. The van der Waals surface area contributed by atoms with E-state index in [1.807, 2.05) is 11.6 Å². The largest absolute Gasteiger partial charge is 0.363 e. The third-order valence-corrected chi connectivity index (χ3v) is 5.24. The first-order valence-corrected chi connectivity index (χ1v) is 11.2. The highest BCUT2D eigenvalue weighted by atomic mass is 32.3. The summed E-state index contributed by atoms with van der Waals surface area (Å²) in [4.78, 5) is 14.2. The summed E-state index contributed by atoms with van der Waals surface area (Å²) >= 11 is 0. The first kappa shape index (κ1) is 19.4. The van der Waals surface area contributed by atoms with Gasteiger partial charge in [-0.3, -0.25) is 0 Å². The fourth-order valence-corrected chi connectivity index (χ4v) is 3.19. The van der Waals surface area contributed by atoms with Crippen molar-refractivity contribution in [1.29, 1.82) is 0 Å². The van der Waals surface area contributed by atoms with E-state index in [2.05, 4.69) is 35.8 Å².